The van der Waals surface area contributed by atoms with Crippen molar-refractivity contribution in [1.82, 2.24) is 14.6 Å². The van der Waals surface area contributed by atoms with E-state index in [0.29, 0.717) is 23.8 Å². The number of anilines is 2. The summed E-state index contributed by atoms with van der Waals surface area (Å²) >= 11 is 1.46. The summed E-state index contributed by atoms with van der Waals surface area (Å²) in [5.41, 5.74) is 6.05. The van der Waals surface area contributed by atoms with Crippen molar-refractivity contribution in [3.63, 3.8) is 0 Å². The van der Waals surface area contributed by atoms with Crippen LogP contribution in [-0.2, 0) is 4.74 Å². The fourth-order valence-electron chi connectivity index (χ4n) is 2.84. The lowest BCUT2D eigenvalue weighted by molar-refractivity contribution is 0.0635. The number of thioether (sulfide) groups is 1. The molecular weight excluding hydrogens is 368 g/mol. The Morgan fingerprint density at radius 3 is 2.93 bits per heavy atom. The molecule has 4 N–H and O–H groups in total. The van der Waals surface area contributed by atoms with Crippen molar-refractivity contribution in [3.05, 3.63) is 12.3 Å². The van der Waals surface area contributed by atoms with Crippen molar-refractivity contribution < 1.29 is 14.6 Å². The van der Waals surface area contributed by atoms with Crippen molar-refractivity contribution in [2.24, 2.45) is 5.73 Å². The first-order valence-corrected chi connectivity index (χ1v) is 9.88. The molecule has 2 aromatic rings. The van der Waals surface area contributed by atoms with Gasteiger partial charge in [-0.2, -0.15) is 9.61 Å². The molecule has 10 heteroatoms. The normalized spacial score (nSPS) is 17.5. The summed E-state index contributed by atoms with van der Waals surface area (Å²) in [4.78, 5) is 19.9. The number of fused-ring (bicyclic) bond motifs is 1. The third-order valence-corrected chi connectivity index (χ3v) is 4.94. The highest BCUT2D eigenvalue weighted by atomic mass is 32.2. The molecule has 0 radical (unpaired) electrons. The zero-order valence-corrected chi connectivity index (χ0v) is 16.6. The average molecular weight is 395 g/mol. The van der Waals surface area contributed by atoms with Crippen molar-refractivity contribution >= 4 is 35.1 Å². The van der Waals surface area contributed by atoms with Crippen molar-refractivity contribution in [3.8, 4) is 0 Å². The zero-order chi connectivity index (χ0) is 19.6. The number of nitrogens with one attached hydrogen (secondary N) is 1. The lowest BCUT2D eigenvalue weighted by Crippen LogP contribution is -2.29. The minimum absolute atomic E-state index is 0.0612. The molecule has 27 heavy (non-hydrogen) atoms. The van der Waals surface area contributed by atoms with E-state index in [2.05, 4.69) is 15.3 Å². The minimum atomic E-state index is -0.604. The predicted molar refractivity (Wildman–Crippen MR) is 105 cm³/mol. The molecule has 3 heterocycles. The van der Waals surface area contributed by atoms with Gasteiger partial charge in [0.25, 0.3) is 0 Å². The summed E-state index contributed by atoms with van der Waals surface area (Å²) in [6.45, 7) is 7.01. The first-order chi connectivity index (χ1) is 12.8. The number of ether oxygens (including phenoxy) is 1. The first kappa shape index (κ1) is 19.7. The van der Waals surface area contributed by atoms with Gasteiger partial charge in [-0.1, -0.05) is 0 Å². The van der Waals surface area contributed by atoms with Gasteiger partial charge >= 0.3 is 6.09 Å². The van der Waals surface area contributed by atoms with Gasteiger partial charge in [-0.15, -0.1) is 11.8 Å². The second kappa shape index (κ2) is 7.91. The molecule has 0 bridgehead atoms. The standard InChI is InChI=1S/C17H26N6O3S/c1-17(2,3)26-16(25)21-14-8-13(22-5-4-11(18)10-22)20-15-12(27-7-6-24)9-19-23(14)15/h8-9,11,24H,4-7,10,18H2,1-3H3,(H,21,25)/t11-/m0/s1. The molecule has 1 atom stereocenters. The second-order valence-corrected chi connectivity index (χ2v) is 8.57. The van der Waals surface area contributed by atoms with Crippen LogP contribution in [0, 0.1) is 0 Å². The Kier molecular flexibility index (Phi) is 5.78. The minimum Gasteiger partial charge on any atom is -0.444 e. The maximum atomic E-state index is 12.3. The van der Waals surface area contributed by atoms with Gasteiger partial charge in [-0.3, -0.25) is 5.32 Å². The number of hydrogen-bond donors (Lipinski definition) is 3. The number of carbonyl (C=O) groups is 1. The fourth-order valence-corrected chi connectivity index (χ4v) is 3.54. The van der Waals surface area contributed by atoms with Crippen LogP contribution in [0.3, 0.4) is 0 Å². The van der Waals surface area contributed by atoms with E-state index in [1.165, 1.54) is 11.8 Å². The topological polar surface area (TPSA) is 118 Å². The molecule has 1 aliphatic rings. The summed E-state index contributed by atoms with van der Waals surface area (Å²) in [6.07, 6.45) is 2.02. The highest BCUT2D eigenvalue weighted by Gasteiger charge is 2.24. The molecule has 1 amide bonds. The van der Waals surface area contributed by atoms with E-state index in [9.17, 15) is 4.79 Å². The summed E-state index contributed by atoms with van der Waals surface area (Å²) in [5.74, 6) is 1.74. The number of amides is 1. The molecule has 148 valence electrons. The maximum absolute atomic E-state index is 12.3. The van der Waals surface area contributed by atoms with Crippen LogP contribution in [0.5, 0.6) is 0 Å². The summed E-state index contributed by atoms with van der Waals surface area (Å²) in [6, 6.07) is 1.89. The number of aromatic nitrogens is 3. The molecular formula is C17H26N6O3S. The van der Waals surface area contributed by atoms with E-state index in [1.54, 1.807) is 16.8 Å². The van der Waals surface area contributed by atoms with Gasteiger partial charge in [0.1, 0.15) is 17.2 Å². The zero-order valence-electron chi connectivity index (χ0n) is 15.8. The Balaban J connectivity index is 1.96. The molecule has 2 aromatic heterocycles. The van der Waals surface area contributed by atoms with Gasteiger partial charge < -0.3 is 20.5 Å². The highest BCUT2D eigenvalue weighted by Crippen LogP contribution is 2.28. The molecule has 0 unspecified atom stereocenters. The Bertz CT molecular complexity index is 819. The predicted octanol–water partition coefficient (Wildman–Crippen LogP) is 1.70. The number of aliphatic hydroxyl groups excluding tert-OH is 1. The monoisotopic (exact) mass is 394 g/mol. The van der Waals surface area contributed by atoms with E-state index < -0.39 is 11.7 Å². The van der Waals surface area contributed by atoms with Gasteiger partial charge in [0.2, 0.25) is 0 Å². The van der Waals surface area contributed by atoms with Gasteiger partial charge in [-0.05, 0) is 27.2 Å². The quantitative estimate of drug-likeness (QED) is 0.656. The van der Waals surface area contributed by atoms with Crippen LogP contribution in [0.4, 0.5) is 16.4 Å². The van der Waals surface area contributed by atoms with E-state index in [-0.39, 0.29) is 12.6 Å². The van der Waals surface area contributed by atoms with E-state index in [1.807, 2.05) is 20.8 Å². The molecule has 1 aliphatic heterocycles. The molecule has 9 nitrogen and oxygen atoms in total. The number of rotatable bonds is 5. The SMILES string of the molecule is CC(C)(C)OC(=O)Nc1cc(N2CC[C@H](N)C2)nc2c(SCCO)cnn12. The summed E-state index contributed by atoms with van der Waals surface area (Å²) in [7, 11) is 0. The van der Waals surface area contributed by atoms with E-state index in [4.69, 9.17) is 20.6 Å². The highest BCUT2D eigenvalue weighted by molar-refractivity contribution is 7.99. The molecule has 1 saturated heterocycles. The van der Waals surface area contributed by atoms with Crippen molar-refractivity contribution in [2.45, 2.75) is 43.7 Å². The largest absolute Gasteiger partial charge is 0.444 e. The van der Waals surface area contributed by atoms with E-state index >= 15 is 0 Å². The smallest absolute Gasteiger partial charge is 0.413 e. The lowest BCUT2D eigenvalue weighted by Gasteiger charge is -2.21. The van der Waals surface area contributed by atoms with Gasteiger partial charge in [-0.25, -0.2) is 9.78 Å². The molecule has 1 fully saturated rings. The first-order valence-electron chi connectivity index (χ1n) is 8.90. The molecule has 3 rings (SSSR count). The molecule has 0 saturated carbocycles. The number of nitrogens with two attached hydrogens (primary N) is 1. The average Bonchev–Trinajstić information content (AvgIpc) is 3.17. The molecule has 0 aromatic carbocycles. The Labute approximate surface area is 162 Å². The summed E-state index contributed by atoms with van der Waals surface area (Å²) in [5, 5.41) is 16.2. The molecule has 0 spiro atoms. The third-order valence-electron chi connectivity index (χ3n) is 3.95. The van der Waals surface area contributed by atoms with Gasteiger partial charge in [0.15, 0.2) is 5.65 Å². The van der Waals surface area contributed by atoms with Crippen LogP contribution in [0.1, 0.15) is 27.2 Å². The Morgan fingerprint density at radius 2 is 2.30 bits per heavy atom. The van der Waals surface area contributed by atoms with Crippen LogP contribution in [0.25, 0.3) is 5.65 Å². The van der Waals surface area contributed by atoms with Crippen LogP contribution >= 0.6 is 11.8 Å². The number of carbonyl (C=O) groups excluding carboxylic acids is 1. The number of nitrogens with zero attached hydrogens (tertiary/aromatic N) is 4. The van der Waals surface area contributed by atoms with Crippen molar-refractivity contribution in [1.29, 1.82) is 0 Å². The van der Waals surface area contributed by atoms with E-state index in [0.717, 1.165) is 23.7 Å². The second-order valence-electron chi connectivity index (χ2n) is 7.44. The third kappa shape index (κ3) is 4.82. The van der Waals surface area contributed by atoms with Crippen LogP contribution in [0.15, 0.2) is 17.2 Å². The fraction of sp³-hybridized carbons (Fsp3) is 0.588. The van der Waals surface area contributed by atoms with Gasteiger partial charge in [0, 0.05) is 31.0 Å². The Hall–Kier alpha value is -2.04. The Morgan fingerprint density at radius 1 is 1.52 bits per heavy atom. The van der Waals surface area contributed by atoms with Gasteiger partial charge in [0.05, 0.1) is 17.7 Å². The van der Waals surface area contributed by atoms with Crippen LogP contribution in [0.2, 0.25) is 0 Å². The summed E-state index contributed by atoms with van der Waals surface area (Å²) < 4.78 is 6.93. The van der Waals surface area contributed by atoms with Crippen LogP contribution < -0.4 is 16.0 Å². The maximum Gasteiger partial charge on any atom is 0.413 e. The van der Waals surface area contributed by atoms with Crippen molar-refractivity contribution in [2.75, 3.05) is 35.7 Å². The molecule has 0 aliphatic carbocycles. The number of hydrogen-bond acceptors (Lipinski definition) is 8. The van der Waals surface area contributed by atoms with Crippen LogP contribution in [-0.4, -0.2) is 62.9 Å². The lowest BCUT2D eigenvalue weighted by atomic mass is 10.2. The number of aliphatic hydroxyl groups is 1.